The lowest BCUT2D eigenvalue weighted by Crippen LogP contribution is -2.37. The summed E-state index contributed by atoms with van der Waals surface area (Å²) in [5, 5.41) is 9.02. The fourth-order valence-electron chi connectivity index (χ4n) is 2.02. The van der Waals surface area contributed by atoms with E-state index in [1.54, 1.807) is 12.1 Å². The second-order valence-corrected chi connectivity index (χ2v) is 5.02. The molecule has 1 aliphatic rings. The van der Waals surface area contributed by atoms with Crippen LogP contribution in [0.1, 0.15) is 18.4 Å². The standard InChI is InChI=1S/C12H11BrFNO3/c13-8-5-7(1-2-9(8)14)6-15-10(12(17)18)3-4-11(15)16/h1-2,5,10H,3-4,6H2,(H,17,18). The summed E-state index contributed by atoms with van der Waals surface area (Å²) in [5.74, 6) is -1.56. The molecule has 0 aliphatic carbocycles. The Morgan fingerprint density at radius 2 is 2.28 bits per heavy atom. The van der Waals surface area contributed by atoms with Crippen molar-refractivity contribution in [1.82, 2.24) is 4.90 Å². The Bertz CT molecular complexity index is 506. The molecule has 1 amide bonds. The van der Waals surface area contributed by atoms with Crippen LogP contribution in [-0.4, -0.2) is 27.9 Å². The number of amides is 1. The van der Waals surface area contributed by atoms with Gasteiger partial charge in [0.2, 0.25) is 5.91 Å². The van der Waals surface area contributed by atoms with E-state index in [1.807, 2.05) is 0 Å². The van der Waals surface area contributed by atoms with Gasteiger partial charge in [0.15, 0.2) is 0 Å². The highest BCUT2D eigenvalue weighted by atomic mass is 79.9. The van der Waals surface area contributed by atoms with Crippen LogP contribution in [0.2, 0.25) is 0 Å². The minimum Gasteiger partial charge on any atom is -0.480 e. The van der Waals surface area contributed by atoms with E-state index in [0.29, 0.717) is 16.5 Å². The number of hydrogen-bond donors (Lipinski definition) is 1. The number of aliphatic carboxylic acids is 1. The number of carbonyl (C=O) groups is 2. The van der Waals surface area contributed by atoms with Gasteiger partial charge >= 0.3 is 5.97 Å². The van der Waals surface area contributed by atoms with E-state index in [4.69, 9.17) is 5.11 Å². The zero-order chi connectivity index (χ0) is 13.3. The summed E-state index contributed by atoms with van der Waals surface area (Å²) in [5.41, 5.74) is 0.699. The van der Waals surface area contributed by atoms with E-state index in [-0.39, 0.29) is 24.7 Å². The first-order chi connectivity index (χ1) is 8.49. The third-order valence-corrected chi connectivity index (χ3v) is 3.56. The topological polar surface area (TPSA) is 57.6 Å². The Morgan fingerprint density at radius 3 is 2.89 bits per heavy atom. The van der Waals surface area contributed by atoms with Gasteiger partial charge in [-0.15, -0.1) is 0 Å². The first kappa shape index (κ1) is 13.0. The van der Waals surface area contributed by atoms with E-state index in [0.717, 1.165) is 0 Å². The number of carboxylic acid groups (broad SMARTS) is 1. The second-order valence-electron chi connectivity index (χ2n) is 4.16. The number of rotatable bonds is 3. The van der Waals surface area contributed by atoms with Crippen LogP contribution in [-0.2, 0) is 16.1 Å². The third kappa shape index (κ3) is 2.53. The molecule has 0 saturated carbocycles. The average molecular weight is 316 g/mol. The van der Waals surface area contributed by atoms with Crippen LogP contribution in [0, 0.1) is 5.82 Å². The molecule has 18 heavy (non-hydrogen) atoms. The molecule has 1 unspecified atom stereocenters. The van der Waals surface area contributed by atoms with Crippen molar-refractivity contribution in [2.75, 3.05) is 0 Å². The van der Waals surface area contributed by atoms with Crippen molar-refractivity contribution in [1.29, 1.82) is 0 Å². The van der Waals surface area contributed by atoms with Gasteiger partial charge < -0.3 is 10.0 Å². The summed E-state index contributed by atoms with van der Waals surface area (Å²) in [4.78, 5) is 23.9. The first-order valence-electron chi connectivity index (χ1n) is 5.45. The van der Waals surface area contributed by atoms with Gasteiger partial charge in [-0.2, -0.15) is 0 Å². The molecule has 1 atom stereocenters. The highest BCUT2D eigenvalue weighted by molar-refractivity contribution is 9.10. The fraction of sp³-hybridized carbons (Fsp3) is 0.333. The normalized spacial score (nSPS) is 19.3. The average Bonchev–Trinajstić information content (AvgIpc) is 2.66. The van der Waals surface area contributed by atoms with Gasteiger partial charge in [-0.1, -0.05) is 6.07 Å². The van der Waals surface area contributed by atoms with Crippen LogP contribution in [0.25, 0.3) is 0 Å². The molecular weight excluding hydrogens is 305 g/mol. The Hall–Kier alpha value is -1.43. The van der Waals surface area contributed by atoms with Crippen LogP contribution < -0.4 is 0 Å². The van der Waals surface area contributed by atoms with Gasteiger partial charge in [-0.25, -0.2) is 9.18 Å². The van der Waals surface area contributed by atoms with Gasteiger partial charge in [-0.3, -0.25) is 4.79 Å². The number of carbonyl (C=O) groups excluding carboxylic acids is 1. The van der Waals surface area contributed by atoms with Crippen molar-refractivity contribution in [2.24, 2.45) is 0 Å². The second kappa shape index (κ2) is 5.06. The van der Waals surface area contributed by atoms with Gasteiger partial charge in [0.25, 0.3) is 0 Å². The molecule has 1 heterocycles. The third-order valence-electron chi connectivity index (χ3n) is 2.95. The Kier molecular flexibility index (Phi) is 3.65. The van der Waals surface area contributed by atoms with Crippen molar-refractivity contribution in [3.05, 3.63) is 34.1 Å². The Labute approximate surface area is 112 Å². The molecule has 1 aromatic rings. The summed E-state index contributed by atoms with van der Waals surface area (Å²) < 4.78 is 13.4. The maximum absolute atomic E-state index is 13.1. The summed E-state index contributed by atoms with van der Waals surface area (Å²) in [6.45, 7) is 0.189. The highest BCUT2D eigenvalue weighted by Crippen LogP contribution is 2.23. The lowest BCUT2D eigenvalue weighted by atomic mass is 10.2. The SMILES string of the molecule is O=C(O)C1CCC(=O)N1Cc1ccc(F)c(Br)c1. The smallest absolute Gasteiger partial charge is 0.326 e. The number of hydrogen-bond acceptors (Lipinski definition) is 2. The lowest BCUT2D eigenvalue weighted by Gasteiger charge is -2.21. The number of likely N-dealkylation sites (tertiary alicyclic amines) is 1. The van der Waals surface area contributed by atoms with Crippen LogP contribution in [0.4, 0.5) is 4.39 Å². The van der Waals surface area contributed by atoms with Crippen molar-refractivity contribution in [3.63, 3.8) is 0 Å². The molecular formula is C12H11BrFNO3. The molecule has 6 heteroatoms. The Morgan fingerprint density at radius 1 is 1.56 bits per heavy atom. The minimum absolute atomic E-state index is 0.178. The number of benzene rings is 1. The molecule has 0 bridgehead atoms. The number of halogens is 2. The van der Waals surface area contributed by atoms with E-state index < -0.39 is 12.0 Å². The molecule has 0 spiro atoms. The summed E-state index contributed by atoms with van der Waals surface area (Å²) in [7, 11) is 0. The van der Waals surface area contributed by atoms with Crippen LogP contribution in [0.3, 0.4) is 0 Å². The predicted octanol–water partition coefficient (Wildman–Crippen LogP) is 2.16. The molecule has 1 saturated heterocycles. The van der Waals surface area contributed by atoms with E-state index in [1.165, 1.54) is 11.0 Å². The first-order valence-corrected chi connectivity index (χ1v) is 6.24. The van der Waals surface area contributed by atoms with E-state index in [2.05, 4.69) is 15.9 Å². The lowest BCUT2D eigenvalue weighted by molar-refractivity contribution is -0.146. The molecule has 1 fully saturated rings. The molecule has 0 radical (unpaired) electrons. The summed E-state index contributed by atoms with van der Waals surface area (Å²) in [6.07, 6.45) is 0.579. The van der Waals surface area contributed by atoms with Crippen molar-refractivity contribution in [2.45, 2.75) is 25.4 Å². The van der Waals surface area contributed by atoms with E-state index in [9.17, 15) is 14.0 Å². The highest BCUT2D eigenvalue weighted by Gasteiger charge is 2.35. The maximum Gasteiger partial charge on any atom is 0.326 e. The van der Waals surface area contributed by atoms with Crippen molar-refractivity contribution < 1.29 is 19.1 Å². The minimum atomic E-state index is -0.998. The predicted molar refractivity (Wildman–Crippen MR) is 65.3 cm³/mol. The van der Waals surface area contributed by atoms with Crippen molar-refractivity contribution >= 4 is 27.8 Å². The molecule has 1 aromatic carbocycles. The number of carboxylic acids is 1. The van der Waals surface area contributed by atoms with Crippen molar-refractivity contribution in [3.8, 4) is 0 Å². The van der Waals surface area contributed by atoms with E-state index >= 15 is 0 Å². The molecule has 0 aromatic heterocycles. The van der Waals surface area contributed by atoms with Crippen LogP contribution >= 0.6 is 15.9 Å². The maximum atomic E-state index is 13.1. The summed E-state index contributed by atoms with van der Waals surface area (Å²) >= 11 is 3.06. The zero-order valence-corrected chi connectivity index (χ0v) is 11.0. The van der Waals surface area contributed by atoms with Gasteiger partial charge in [0.05, 0.1) is 4.47 Å². The monoisotopic (exact) mass is 315 g/mol. The van der Waals surface area contributed by atoms with Gasteiger partial charge in [0.1, 0.15) is 11.9 Å². The Balaban J connectivity index is 2.18. The van der Waals surface area contributed by atoms with Gasteiger partial charge in [0, 0.05) is 13.0 Å². The quantitative estimate of drug-likeness (QED) is 0.930. The molecule has 4 nitrogen and oxygen atoms in total. The molecule has 1 N–H and O–H groups in total. The van der Waals surface area contributed by atoms with Gasteiger partial charge in [-0.05, 0) is 40.0 Å². The largest absolute Gasteiger partial charge is 0.480 e. The molecule has 96 valence electrons. The van der Waals surface area contributed by atoms with Crippen LogP contribution in [0.15, 0.2) is 22.7 Å². The zero-order valence-electron chi connectivity index (χ0n) is 9.40. The van der Waals surface area contributed by atoms with Crippen LogP contribution in [0.5, 0.6) is 0 Å². The molecule has 1 aliphatic heterocycles. The summed E-state index contributed by atoms with van der Waals surface area (Å²) in [6, 6.07) is 3.61. The number of nitrogens with zero attached hydrogens (tertiary/aromatic N) is 1. The fourth-order valence-corrected chi connectivity index (χ4v) is 2.45. The molecule has 2 rings (SSSR count).